The zero-order chi connectivity index (χ0) is 10.4. The summed E-state index contributed by atoms with van der Waals surface area (Å²) in [7, 11) is 1.67. The number of hydrogen-bond donors (Lipinski definition) is 2. The minimum atomic E-state index is 0.535. The van der Waals surface area contributed by atoms with E-state index in [-0.39, 0.29) is 0 Å². The van der Waals surface area contributed by atoms with Gasteiger partial charge in [-0.3, -0.25) is 5.43 Å². The molecule has 0 aromatic carbocycles. The molecule has 1 rings (SSSR count). The molecule has 1 unspecified atom stereocenters. The Labute approximate surface area is 85.3 Å². The molecule has 0 radical (unpaired) electrons. The second-order valence-electron chi connectivity index (χ2n) is 3.53. The fraction of sp³-hybridized carbons (Fsp3) is 0.889. The molecule has 1 heterocycles. The molecular formula is C9H20N4O. The summed E-state index contributed by atoms with van der Waals surface area (Å²) in [4.78, 5) is 6.55. The third kappa shape index (κ3) is 2.85. The van der Waals surface area contributed by atoms with Crippen molar-refractivity contribution < 1.29 is 4.74 Å². The van der Waals surface area contributed by atoms with Gasteiger partial charge in [-0.25, -0.2) is 10.8 Å². The first-order valence-electron chi connectivity index (χ1n) is 5.06. The third-order valence-corrected chi connectivity index (χ3v) is 2.51. The number of guanidine groups is 1. The van der Waals surface area contributed by atoms with Crippen LogP contribution in [0.25, 0.3) is 0 Å². The summed E-state index contributed by atoms with van der Waals surface area (Å²) >= 11 is 0. The van der Waals surface area contributed by atoms with E-state index in [2.05, 4.69) is 22.2 Å². The summed E-state index contributed by atoms with van der Waals surface area (Å²) in [5, 5.41) is 0. The molecule has 82 valence electrons. The van der Waals surface area contributed by atoms with Crippen molar-refractivity contribution in [3.63, 3.8) is 0 Å². The van der Waals surface area contributed by atoms with Gasteiger partial charge in [0.25, 0.3) is 0 Å². The van der Waals surface area contributed by atoms with E-state index >= 15 is 0 Å². The summed E-state index contributed by atoms with van der Waals surface area (Å²) in [5.41, 5.74) is 2.65. The number of likely N-dealkylation sites (tertiary alicyclic amines) is 1. The standard InChI is InChI=1S/C9H20N4O/c1-8-4-3-6-13(8)9(12-10)11-5-7-14-2/h8H,3-7,10H2,1-2H3,(H,11,12). The first kappa shape index (κ1) is 11.3. The smallest absolute Gasteiger partial charge is 0.208 e. The van der Waals surface area contributed by atoms with Crippen LogP contribution in [-0.4, -0.2) is 43.7 Å². The van der Waals surface area contributed by atoms with Gasteiger partial charge in [0.2, 0.25) is 5.96 Å². The Hall–Kier alpha value is -0.810. The minimum absolute atomic E-state index is 0.535. The van der Waals surface area contributed by atoms with E-state index in [0.717, 1.165) is 12.5 Å². The van der Waals surface area contributed by atoms with Gasteiger partial charge in [-0.2, -0.15) is 0 Å². The highest BCUT2D eigenvalue weighted by atomic mass is 16.5. The molecule has 0 saturated carbocycles. The summed E-state index contributed by atoms with van der Waals surface area (Å²) in [6.45, 7) is 4.51. The molecule has 0 aromatic rings. The quantitative estimate of drug-likeness (QED) is 0.220. The topological polar surface area (TPSA) is 62.9 Å². The zero-order valence-corrected chi connectivity index (χ0v) is 8.99. The van der Waals surface area contributed by atoms with Gasteiger partial charge in [0.1, 0.15) is 0 Å². The van der Waals surface area contributed by atoms with Gasteiger partial charge in [0, 0.05) is 19.7 Å². The Bertz CT molecular complexity index is 195. The van der Waals surface area contributed by atoms with Crippen molar-refractivity contribution in [2.75, 3.05) is 26.8 Å². The number of methoxy groups -OCH3 is 1. The van der Waals surface area contributed by atoms with E-state index < -0.39 is 0 Å². The lowest BCUT2D eigenvalue weighted by Gasteiger charge is -2.24. The zero-order valence-electron chi connectivity index (χ0n) is 8.99. The number of nitrogens with one attached hydrogen (secondary N) is 1. The maximum atomic E-state index is 5.43. The average Bonchev–Trinajstić information content (AvgIpc) is 2.60. The van der Waals surface area contributed by atoms with Crippen LogP contribution in [0.4, 0.5) is 0 Å². The summed E-state index contributed by atoms with van der Waals surface area (Å²) in [5.74, 6) is 6.22. The van der Waals surface area contributed by atoms with Crippen LogP contribution in [0.3, 0.4) is 0 Å². The van der Waals surface area contributed by atoms with Crippen LogP contribution in [0, 0.1) is 0 Å². The lowest BCUT2D eigenvalue weighted by atomic mass is 10.2. The van der Waals surface area contributed by atoms with Crippen molar-refractivity contribution in [1.82, 2.24) is 10.3 Å². The first-order valence-corrected chi connectivity index (χ1v) is 5.06. The van der Waals surface area contributed by atoms with E-state index in [1.54, 1.807) is 7.11 Å². The predicted octanol–water partition coefficient (Wildman–Crippen LogP) is -0.0636. The van der Waals surface area contributed by atoms with Crippen molar-refractivity contribution in [2.24, 2.45) is 10.8 Å². The van der Waals surface area contributed by atoms with Crippen LogP contribution >= 0.6 is 0 Å². The Morgan fingerprint density at radius 2 is 2.50 bits per heavy atom. The van der Waals surface area contributed by atoms with Gasteiger partial charge < -0.3 is 9.64 Å². The molecule has 5 nitrogen and oxygen atoms in total. The molecular weight excluding hydrogens is 180 g/mol. The summed E-state index contributed by atoms with van der Waals surface area (Å²) in [6, 6.07) is 0.535. The normalized spacial score (nSPS) is 22.9. The highest BCUT2D eigenvalue weighted by Crippen LogP contribution is 2.15. The Morgan fingerprint density at radius 1 is 1.71 bits per heavy atom. The first-order chi connectivity index (χ1) is 6.79. The van der Waals surface area contributed by atoms with Crippen LogP contribution in [0.5, 0.6) is 0 Å². The van der Waals surface area contributed by atoms with Crippen molar-refractivity contribution in [1.29, 1.82) is 0 Å². The molecule has 0 bridgehead atoms. The highest BCUT2D eigenvalue weighted by molar-refractivity contribution is 5.79. The highest BCUT2D eigenvalue weighted by Gasteiger charge is 2.22. The SMILES string of the molecule is COCCN=C(NN)N1CCCC1C. The molecule has 5 heteroatoms. The van der Waals surface area contributed by atoms with Crippen LogP contribution in [0.15, 0.2) is 4.99 Å². The van der Waals surface area contributed by atoms with Gasteiger partial charge in [-0.1, -0.05) is 0 Å². The monoisotopic (exact) mass is 200 g/mol. The summed E-state index contributed by atoms with van der Waals surface area (Å²) in [6.07, 6.45) is 2.43. The lowest BCUT2D eigenvalue weighted by molar-refractivity contribution is 0.207. The van der Waals surface area contributed by atoms with E-state index in [1.807, 2.05) is 0 Å². The number of hydrazine groups is 1. The fourth-order valence-electron chi connectivity index (χ4n) is 1.71. The van der Waals surface area contributed by atoms with E-state index in [4.69, 9.17) is 10.6 Å². The second kappa shape index (κ2) is 5.82. The molecule has 0 aliphatic carbocycles. The molecule has 1 aliphatic rings. The van der Waals surface area contributed by atoms with Gasteiger partial charge in [-0.05, 0) is 19.8 Å². The third-order valence-electron chi connectivity index (χ3n) is 2.51. The van der Waals surface area contributed by atoms with Gasteiger partial charge in [-0.15, -0.1) is 0 Å². The molecule has 0 amide bonds. The lowest BCUT2D eigenvalue weighted by Crippen LogP contribution is -2.46. The van der Waals surface area contributed by atoms with E-state index in [0.29, 0.717) is 19.2 Å². The van der Waals surface area contributed by atoms with Gasteiger partial charge >= 0.3 is 0 Å². The summed E-state index contributed by atoms with van der Waals surface area (Å²) < 4.78 is 4.93. The van der Waals surface area contributed by atoms with Gasteiger partial charge in [0.15, 0.2) is 0 Å². The number of hydrogen-bond acceptors (Lipinski definition) is 3. The minimum Gasteiger partial charge on any atom is -0.383 e. The van der Waals surface area contributed by atoms with Crippen LogP contribution < -0.4 is 11.3 Å². The maximum absolute atomic E-state index is 5.43. The molecule has 1 aliphatic heterocycles. The van der Waals surface area contributed by atoms with Crippen molar-refractivity contribution >= 4 is 5.96 Å². The number of ether oxygens (including phenoxy) is 1. The number of nitrogens with two attached hydrogens (primary N) is 1. The largest absolute Gasteiger partial charge is 0.383 e. The van der Waals surface area contributed by atoms with E-state index in [9.17, 15) is 0 Å². The maximum Gasteiger partial charge on any atom is 0.208 e. The number of rotatable bonds is 3. The van der Waals surface area contributed by atoms with Crippen molar-refractivity contribution in [3.8, 4) is 0 Å². The molecule has 0 aromatic heterocycles. The Morgan fingerprint density at radius 3 is 3.00 bits per heavy atom. The molecule has 3 N–H and O–H groups in total. The predicted molar refractivity (Wildman–Crippen MR) is 56.9 cm³/mol. The molecule has 0 spiro atoms. The van der Waals surface area contributed by atoms with Crippen molar-refractivity contribution in [3.05, 3.63) is 0 Å². The Balaban J connectivity index is 2.47. The van der Waals surface area contributed by atoms with Crippen LogP contribution in [-0.2, 0) is 4.74 Å². The molecule has 1 fully saturated rings. The number of aliphatic imine (C=N–C) groups is 1. The van der Waals surface area contributed by atoms with Crippen molar-refractivity contribution in [2.45, 2.75) is 25.8 Å². The molecule has 14 heavy (non-hydrogen) atoms. The molecule has 1 saturated heterocycles. The second-order valence-corrected chi connectivity index (χ2v) is 3.53. The van der Waals surface area contributed by atoms with Crippen LogP contribution in [0.1, 0.15) is 19.8 Å². The van der Waals surface area contributed by atoms with E-state index in [1.165, 1.54) is 12.8 Å². The average molecular weight is 200 g/mol. The van der Waals surface area contributed by atoms with Crippen LogP contribution in [0.2, 0.25) is 0 Å². The van der Waals surface area contributed by atoms with Gasteiger partial charge in [0.05, 0.1) is 13.2 Å². The molecule has 1 atom stereocenters. The fourth-order valence-corrected chi connectivity index (χ4v) is 1.71. The number of nitrogens with zero attached hydrogens (tertiary/aromatic N) is 2. The Kier molecular flexibility index (Phi) is 4.69.